The van der Waals surface area contributed by atoms with Crippen LogP contribution < -0.4 is 0 Å². The second kappa shape index (κ2) is 14.2. The van der Waals surface area contributed by atoms with Crippen molar-refractivity contribution in [1.82, 2.24) is 0 Å². The fourth-order valence-corrected chi connectivity index (χ4v) is 15.2. The molecule has 8 aliphatic rings. The van der Waals surface area contributed by atoms with Crippen molar-refractivity contribution in [3.8, 4) is 0 Å². The van der Waals surface area contributed by atoms with Crippen molar-refractivity contribution in [1.29, 1.82) is 0 Å². The molecule has 0 amide bonds. The number of rotatable bonds is 8. The molecule has 332 valence electrons. The number of fused-ring (bicyclic) bond motifs is 2. The molecule has 3 saturated heterocycles. The molecule has 0 radical (unpaired) electrons. The average molecular weight is 827 g/mol. The van der Waals surface area contributed by atoms with E-state index in [9.17, 15) is 45.6 Å². The molecule has 0 aromatic carbocycles. The monoisotopic (exact) mass is 826 g/mol. The van der Waals surface area contributed by atoms with Crippen LogP contribution in [0, 0.1) is 44.8 Å². The predicted octanol–water partition coefficient (Wildman–Crippen LogP) is 1.29. The molecule has 8 N–H and O–H groups in total. The first-order chi connectivity index (χ1) is 26.9. The molecule has 58 heavy (non-hydrogen) atoms. The zero-order chi connectivity index (χ0) is 42.3. The summed E-state index contributed by atoms with van der Waals surface area (Å²) in [6.45, 7) is 15.0. The number of aliphatic hydroxyl groups is 8. The Morgan fingerprint density at radius 2 is 1.50 bits per heavy atom. The minimum atomic E-state index is -1.62. The van der Waals surface area contributed by atoms with Gasteiger partial charge in [-0.3, -0.25) is 4.79 Å². The number of aliphatic hydroxyl groups excluding tert-OH is 7. The van der Waals surface area contributed by atoms with E-state index in [2.05, 4.69) is 34.6 Å². The zero-order valence-corrected chi connectivity index (χ0v) is 35.5. The Bertz CT molecular complexity index is 1570. The number of esters is 1. The summed E-state index contributed by atoms with van der Waals surface area (Å²) in [6, 6.07) is 0. The second-order valence-corrected chi connectivity index (χ2v) is 21.6. The zero-order valence-electron chi connectivity index (χ0n) is 35.5. The van der Waals surface area contributed by atoms with Gasteiger partial charge in [0.2, 0.25) is 0 Å². The van der Waals surface area contributed by atoms with Crippen molar-refractivity contribution >= 4 is 5.97 Å². The van der Waals surface area contributed by atoms with E-state index < -0.39 is 103 Å². The van der Waals surface area contributed by atoms with Crippen molar-refractivity contribution in [2.45, 2.75) is 204 Å². The van der Waals surface area contributed by atoms with Crippen molar-refractivity contribution in [3.05, 3.63) is 0 Å². The fourth-order valence-electron chi connectivity index (χ4n) is 15.2. The summed E-state index contributed by atoms with van der Waals surface area (Å²) in [5.41, 5.74) is -3.32. The van der Waals surface area contributed by atoms with E-state index in [1.165, 1.54) is 6.92 Å². The van der Waals surface area contributed by atoms with Crippen LogP contribution >= 0.6 is 0 Å². The number of hydrogen-bond donors (Lipinski definition) is 8. The quantitative estimate of drug-likeness (QED) is 0.127. The molecule has 15 nitrogen and oxygen atoms in total. The van der Waals surface area contributed by atoms with Crippen LogP contribution in [-0.4, -0.2) is 151 Å². The fraction of sp³-hybridized carbons (Fsp3) is 0.977. The predicted molar refractivity (Wildman–Crippen MR) is 203 cm³/mol. The van der Waals surface area contributed by atoms with Crippen LogP contribution in [-0.2, 0) is 33.2 Å². The molecule has 5 saturated carbocycles. The highest BCUT2D eigenvalue weighted by Crippen LogP contribution is 2.89. The summed E-state index contributed by atoms with van der Waals surface area (Å²) in [5.74, 6) is -0.931. The van der Waals surface area contributed by atoms with Crippen molar-refractivity contribution in [2.24, 2.45) is 44.8 Å². The highest BCUT2D eigenvalue weighted by atomic mass is 16.7. The number of ether oxygens (including phenoxy) is 6. The van der Waals surface area contributed by atoms with Crippen LogP contribution in [0.4, 0.5) is 0 Å². The number of carbonyl (C=O) groups excluding carboxylic acids is 1. The van der Waals surface area contributed by atoms with Gasteiger partial charge in [-0.15, -0.1) is 0 Å². The Hall–Kier alpha value is -1.05. The first-order valence-corrected chi connectivity index (χ1v) is 21.8. The van der Waals surface area contributed by atoms with Gasteiger partial charge in [0, 0.05) is 12.8 Å². The van der Waals surface area contributed by atoms with Gasteiger partial charge in [0.15, 0.2) is 18.7 Å². The van der Waals surface area contributed by atoms with Crippen LogP contribution in [0.2, 0.25) is 0 Å². The van der Waals surface area contributed by atoms with E-state index in [0.29, 0.717) is 25.7 Å². The van der Waals surface area contributed by atoms with Crippen molar-refractivity contribution in [2.75, 3.05) is 13.2 Å². The van der Waals surface area contributed by atoms with E-state index in [1.54, 1.807) is 13.8 Å². The lowest BCUT2D eigenvalue weighted by atomic mass is 9.41. The third-order valence-electron chi connectivity index (χ3n) is 17.9. The Kier molecular flexibility index (Phi) is 10.7. The van der Waals surface area contributed by atoms with E-state index in [1.807, 2.05) is 0 Å². The molecule has 5 aliphatic carbocycles. The molecule has 15 heteroatoms. The largest absolute Gasteiger partial charge is 0.454 e. The Morgan fingerprint density at radius 3 is 2.14 bits per heavy atom. The Balaban J connectivity index is 1.15. The molecule has 3 aliphatic heterocycles. The maximum absolute atomic E-state index is 12.2. The molecular weight excluding hydrogens is 756 g/mol. The van der Waals surface area contributed by atoms with Crippen LogP contribution in [0.3, 0.4) is 0 Å². The van der Waals surface area contributed by atoms with Gasteiger partial charge in [0.05, 0.1) is 48.8 Å². The summed E-state index contributed by atoms with van der Waals surface area (Å²) < 4.78 is 37.8. The van der Waals surface area contributed by atoms with E-state index in [4.69, 9.17) is 28.4 Å². The van der Waals surface area contributed by atoms with Gasteiger partial charge in [-0.05, 0) is 117 Å². The maximum atomic E-state index is 12.2. The lowest BCUT2D eigenvalue weighted by Crippen LogP contribution is -2.65. The third kappa shape index (κ3) is 6.17. The van der Waals surface area contributed by atoms with Gasteiger partial charge >= 0.3 is 5.97 Å². The maximum Gasteiger partial charge on any atom is 0.303 e. The highest BCUT2D eigenvalue weighted by Gasteiger charge is 2.85. The second-order valence-electron chi connectivity index (χ2n) is 21.6. The first kappa shape index (κ1) is 43.6. The Morgan fingerprint density at radius 1 is 0.793 bits per heavy atom. The summed E-state index contributed by atoms with van der Waals surface area (Å²) in [7, 11) is 0. The molecule has 11 unspecified atom stereocenters. The summed E-state index contributed by atoms with van der Waals surface area (Å²) in [4.78, 5) is 12.1. The molecular formula is C43H70O15. The molecule has 2 spiro atoms. The molecule has 3 heterocycles. The third-order valence-corrected chi connectivity index (χ3v) is 17.9. The van der Waals surface area contributed by atoms with Crippen LogP contribution in [0.1, 0.15) is 113 Å². The van der Waals surface area contributed by atoms with Crippen LogP contribution in [0.5, 0.6) is 0 Å². The van der Waals surface area contributed by atoms with Gasteiger partial charge < -0.3 is 69.3 Å². The topological polar surface area (TPSA) is 234 Å². The normalized spacial score (nSPS) is 56.1. The minimum Gasteiger partial charge on any atom is -0.454 e. The lowest BCUT2D eigenvalue weighted by Gasteiger charge is -2.65. The van der Waals surface area contributed by atoms with Gasteiger partial charge in [-0.25, -0.2) is 0 Å². The molecule has 0 bridgehead atoms. The molecule has 0 aromatic heterocycles. The average Bonchev–Trinajstić information content (AvgIpc) is 3.50. The van der Waals surface area contributed by atoms with E-state index >= 15 is 0 Å². The summed E-state index contributed by atoms with van der Waals surface area (Å²) >= 11 is 0. The summed E-state index contributed by atoms with van der Waals surface area (Å²) in [6.07, 6.45) is -7.66. The number of hydrogen-bond acceptors (Lipinski definition) is 15. The molecule has 0 aromatic rings. The van der Waals surface area contributed by atoms with Gasteiger partial charge in [-0.2, -0.15) is 0 Å². The van der Waals surface area contributed by atoms with Crippen molar-refractivity contribution < 1.29 is 74.1 Å². The van der Waals surface area contributed by atoms with Gasteiger partial charge in [0.1, 0.15) is 36.6 Å². The smallest absolute Gasteiger partial charge is 0.303 e. The first-order valence-electron chi connectivity index (χ1n) is 21.8. The van der Waals surface area contributed by atoms with Gasteiger partial charge in [0.25, 0.3) is 0 Å². The van der Waals surface area contributed by atoms with Crippen LogP contribution in [0.15, 0.2) is 0 Å². The molecule has 8 rings (SSSR count). The van der Waals surface area contributed by atoms with Gasteiger partial charge in [-0.1, -0.05) is 27.7 Å². The molecule has 8 fully saturated rings. The van der Waals surface area contributed by atoms with Crippen molar-refractivity contribution in [3.63, 3.8) is 0 Å². The van der Waals surface area contributed by atoms with E-state index in [-0.39, 0.29) is 52.1 Å². The summed E-state index contributed by atoms with van der Waals surface area (Å²) in [5, 5.41) is 87.3. The standard InChI is InChI=1S/C43H70O15/c1-20(45)54-32-28(48)22(47)18-53-36(32)57-26-10-12-43-19-42(43)14-13-39(6)33(41(8)11-9-27(58-41)38(4,5)52)21(46)16-40(39,7)25(42)15-23(34(43)37(26,2)3)55-35-31(51)30(50)29(49)24(17-44)56-35/h21-36,44,46-52H,9-19H2,1-8H3/t21?,22?,23?,24?,25-,26?,27?,28?,29?,30?,31?,32?,33-,34+,35+,36-,39+,40-,41+,42-,43+/m0/s1. The lowest BCUT2D eigenvalue weighted by molar-refractivity contribution is -0.339. The Labute approximate surface area is 341 Å². The molecule has 21 atom stereocenters. The van der Waals surface area contributed by atoms with E-state index in [0.717, 1.165) is 32.1 Å². The number of carbonyl (C=O) groups is 1. The van der Waals surface area contributed by atoms with Crippen LogP contribution in [0.25, 0.3) is 0 Å². The minimum absolute atomic E-state index is 0.0829. The highest BCUT2D eigenvalue weighted by molar-refractivity contribution is 5.66. The SMILES string of the molecule is CC(=O)OC1C(O)C(O)CO[C@H]1OC1CC[C@]23C[C@]24CC[C@]2(C)[C@@H]([C@@]5(C)CCC(C(C)(C)O)O5)C(O)C[C@@]2(C)[C@@H]4CC(O[C@@H]2OC(CO)C(O)C(O)C2O)[C@@H]3C1(C)C.